The van der Waals surface area contributed by atoms with Crippen molar-refractivity contribution >= 4 is 46.4 Å². The number of fused-ring (bicyclic) bond motifs is 2. The molecule has 20 heteroatoms. The van der Waals surface area contributed by atoms with Crippen LogP contribution in [0.3, 0.4) is 0 Å². The topological polar surface area (TPSA) is 303 Å². The minimum Gasteiger partial charge on any atom is -0.383 e. The van der Waals surface area contributed by atoms with Crippen molar-refractivity contribution in [3.8, 4) is 0 Å². The van der Waals surface area contributed by atoms with Gasteiger partial charge in [-0.25, -0.2) is 9.79 Å². The molecule has 0 bridgehead atoms. The molecule has 42 heavy (non-hydrogen) atoms. The number of aliphatic hydroxyl groups excluding tert-OH is 1. The van der Waals surface area contributed by atoms with Crippen LogP contribution in [0.5, 0.6) is 0 Å². The van der Waals surface area contributed by atoms with E-state index in [0.29, 0.717) is 26.1 Å². The van der Waals surface area contributed by atoms with Crippen LogP contribution in [0, 0.1) is 5.41 Å². The Balaban J connectivity index is 1.60. The molecule has 1 aliphatic rings. The van der Waals surface area contributed by atoms with Crippen LogP contribution in [0.2, 0.25) is 0 Å². The lowest BCUT2D eigenvalue weighted by atomic mass is 10.2. The Morgan fingerprint density at radius 3 is 2.38 bits per heavy atom. The fourth-order valence-electron chi connectivity index (χ4n) is 4.48. The fourth-order valence-corrected chi connectivity index (χ4v) is 4.48. The van der Waals surface area contributed by atoms with E-state index in [1.807, 2.05) is 4.90 Å². The minimum atomic E-state index is -1.39. The molecule has 1 aliphatic heterocycles. The summed E-state index contributed by atoms with van der Waals surface area (Å²) in [6.07, 6.45) is -0.815. The van der Waals surface area contributed by atoms with Crippen molar-refractivity contribution in [1.82, 2.24) is 39.7 Å². The molecule has 0 radical (unpaired) electrons. The number of anilines is 4. The van der Waals surface area contributed by atoms with Crippen LogP contribution in [0.15, 0.2) is 19.4 Å². The molecule has 0 fully saturated rings. The summed E-state index contributed by atoms with van der Waals surface area (Å²) in [5.41, 5.74) is 15.6. The highest BCUT2D eigenvalue weighted by atomic mass is 16.3. The van der Waals surface area contributed by atoms with Gasteiger partial charge in [-0.3, -0.25) is 34.4 Å². The van der Waals surface area contributed by atoms with Crippen molar-refractivity contribution in [2.45, 2.75) is 19.3 Å². The van der Waals surface area contributed by atoms with Gasteiger partial charge in [-0.1, -0.05) is 0 Å². The highest BCUT2D eigenvalue weighted by Crippen LogP contribution is 2.23. The number of aliphatic imine (C=N–C) groups is 1. The number of nitrogens with two attached hydrogens (primary N) is 3. The second-order valence-electron chi connectivity index (χ2n) is 9.25. The predicted octanol–water partition coefficient (Wildman–Crippen LogP) is -4.09. The number of nitrogen functional groups attached to an aromatic ring is 1. The molecule has 20 nitrogen and oxygen atoms in total. The molecule has 4 rings (SSSR count). The van der Waals surface area contributed by atoms with E-state index < -0.39 is 23.2 Å². The van der Waals surface area contributed by atoms with E-state index in [-0.39, 0.29) is 71.6 Å². The zero-order valence-electron chi connectivity index (χ0n) is 23.1. The van der Waals surface area contributed by atoms with E-state index in [9.17, 15) is 19.5 Å². The normalized spacial score (nSPS) is 14.5. The van der Waals surface area contributed by atoms with Gasteiger partial charge in [0.05, 0.1) is 0 Å². The van der Waals surface area contributed by atoms with E-state index in [1.165, 1.54) is 9.47 Å². The van der Waals surface area contributed by atoms with Gasteiger partial charge in [0.25, 0.3) is 11.1 Å². The number of nitrogens with zero attached hydrogens (tertiary/aromatic N) is 7. The van der Waals surface area contributed by atoms with Gasteiger partial charge in [-0.15, -0.1) is 0 Å². The lowest BCUT2D eigenvalue weighted by molar-refractivity contribution is 0.167. The number of rotatable bonds is 12. The first-order valence-electron chi connectivity index (χ1n) is 12.9. The van der Waals surface area contributed by atoms with E-state index in [1.54, 1.807) is 14.1 Å². The van der Waals surface area contributed by atoms with Crippen molar-refractivity contribution in [3.63, 3.8) is 0 Å². The lowest BCUT2D eigenvalue weighted by Gasteiger charge is -2.33. The fraction of sp³-hybridized carbons (Fsp3) is 0.455. The SMILES string of the molecule is CNc1nc2c(c(=O)[nH]1)C(N)=NC(O)N2CCN(CCCNC(=N)N)CCn1c(=O)nc(N)c2c(=O)[nH]c(NC)nc21. The van der Waals surface area contributed by atoms with E-state index >= 15 is 0 Å². The van der Waals surface area contributed by atoms with Gasteiger partial charge in [-0.05, 0) is 13.0 Å². The van der Waals surface area contributed by atoms with Gasteiger partial charge in [-0.2, -0.15) is 15.0 Å². The summed E-state index contributed by atoms with van der Waals surface area (Å²) in [6.45, 7) is 1.77. The van der Waals surface area contributed by atoms with Crippen molar-refractivity contribution in [1.29, 1.82) is 5.41 Å². The van der Waals surface area contributed by atoms with Crippen molar-refractivity contribution in [3.05, 3.63) is 36.8 Å². The summed E-state index contributed by atoms with van der Waals surface area (Å²) in [5.74, 6) is -0.0278. The Labute approximate surface area is 237 Å². The van der Waals surface area contributed by atoms with Gasteiger partial charge in [0.1, 0.15) is 22.6 Å². The summed E-state index contributed by atoms with van der Waals surface area (Å²) in [7, 11) is 3.16. The Morgan fingerprint density at radius 2 is 1.69 bits per heavy atom. The molecule has 0 spiro atoms. The highest BCUT2D eigenvalue weighted by molar-refractivity contribution is 6.03. The smallest absolute Gasteiger partial charge is 0.351 e. The van der Waals surface area contributed by atoms with Gasteiger partial charge >= 0.3 is 5.69 Å². The number of amidine groups is 1. The second kappa shape index (κ2) is 12.5. The Morgan fingerprint density at radius 1 is 1.02 bits per heavy atom. The first-order chi connectivity index (χ1) is 20.0. The summed E-state index contributed by atoms with van der Waals surface area (Å²) < 4.78 is 1.26. The van der Waals surface area contributed by atoms with Crippen LogP contribution in [0.25, 0.3) is 11.0 Å². The van der Waals surface area contributed by atoms with E-state index in [4.69, 9.17) is 22.6 Å². The second-order valence-corrected chi connectivity index (χ2v) is 9.25. The summed E-state index contributed by atoms with van der Waals surface area (Å²) >= 11 is 0. The molecular formula is C22H34N16O4. The molecule has 0 amide bonds. The van der Waals surface area contributed by atoms with E-state index in [0.717, 1.165) is 0 Å². The third-order valence-corrected chi connectivity index (χ3v) is 6.56. The average Bonchev–Trinajstić information content (AvgIpc) is 2.93. The summed E-state index contributed by atoms with van der Waals surface area (Å²) in [5, 5.41) is 26.3. The largest absolute Gasteiger partial charge is 0.383 e. The lowest BCUT2D eigenvalue weighted by Crippen LogP contribution is -2.48. The molecule has 3 aromatic rings. The maximum atomic E-state index is 12.8. The molecule has 0 aliphatic carbocycles. The van der Waals surface area contributed by atoms with Crippen LogP contribution in [-0.2, 0) is 6.54 Å². The number of hydrogen-bond acceptors (Lipinski definition) is 15. The number of aromatic nitrogens is 6. The maximum Gasteiger partial charge on any atom is 0.351 e. The highest BCUT2D eigenvalue weighted by Gasteiger charge is 2.30. The third kappa shape index (κ3) is 6.23. The number of aromatic amines is 2. The first-order valence-corrected chi connectivity index (χ1v) is 12.9. The zero-order chi connectivity index (χ0) is 30.6. The molecule has 0 saturated carbocycles. The number of H-pyrrole nitrogens is 2. The molecule has 0 aromatic carbocycles. The molecule has 0 saturated heterocycles. The van der Waals surface area contributed by atoms with Gasteiger partial charge in [0.15, 0.2) is 17.4 Å². The van der Waals surface area contributed by atoms with Crippen LogP contribution < -0.4 is 54.9 Å². The molecule has 13 N–H and O–H groups in total. The zero-order valence-corrected chi connectivity index (χ0v) is 23.1. The minimum absolute atomic E-state index is 0.00839. The Kier molecular flexibility index (Phi) is 8.86. The molecule has 1 atom stereocenters. The summed E-state index contributed by atoms with van der Waals surface area (Å²) in [6, 6.07) is 0. The molecule has 3 aromatic heterocycles. The van der Waals surface area contributed by atoms with Crippen LogP contribution in [0.4, 0.5) is 23.5 Å². The van der Waals surface area contributed by atoms with Crippen molar-refractivity contribution in [2.24, 2.45) is 16.5 Å². The summed E-state index contributed by atoms with van der Waals surface area (Å²) in [4.78, 5) is 63.1. The first kappa shape index (κ1) is 29.7. The molecule has 226 valence electrons. The third-order valence-electron chi connectivity index (χ3n) is 6.56. The molecular weight excluding hydrogens is 552 g/mol. The van der Waals surface area contributed by atoms with Gasteiger partial charge in [0.2, 0.25) is 18.2 Å². The van der Waals surface area contributed by atoms with E-state index in [2.05, 4.69) is 45.9 Å². The van der Waals surface area contributed by atoms with Crippen LogP contribution in [0.1, 0.15) is 12.0 Å². The van der Waals surface area contributed by atoms with Gasteiger partial charge in [0, 0.05) is 46.8 Å². The Hall–Kier alpha value is -5.24. The van der Waals surface area contributed by atoms with Crippen LogP contribution >= 0.6 is 0 Å². The maximum absolute atomic E-state index is 12.8. The number of aliphatic hydroxyl groups is 1. The standard InChI is InChI=1S/C22H34N16O4/c1-27-19-32-14-10(16(39)34-19)12(23)30-21(41)37(14)8-6-36(5-3-4-29-18(25)26)7-9-38-15-11(13(24)31-22(38)42)17(40)35-20(28-2)33-15/h21,41H,3-9H2,1-2H3,(H2,23,30)(H2,24,31,42)(H4,25,26,29)(H2,27,32,34,39)(H2,28,33,35,40). The predicted molar refractivity (Wildman–Crippen MR) is 158 cm³/mol. The van der Waals surface area contributed by atoms with Crippen molar-refractivity contribution < 1.29 is 5.11 Å². The number of nitrogens with one attached hydrogen (secondary N) is 6. The number of guanidine groups is 1. The number of hydrogen-bond donors (Lipinski definition) is 10. The Bertz CT molecular complexity index is 1680. The van der Waals surface area contributed by atoms with Crippen molar-refractivity contribution in [2.75, 3.05) is 68.1 Å². The van der Waals surface area contributed by atoms with Gasteiger partial charge < -0.3 is 43.2 Å². The quantitative estimate of drug-likeness (QED) is 0.0548. The molecule has 4 heterocycles. The van der Waals surface area contributed by atoms with Crippen LogP contribution in [-0.4, -0.2) is 104 Å². The molecule has 1 unspecified atom stereocenters. The average molecular weight is 587 g/mol. The monoisotopic (exact) mass is 586 g/mol.